The molecule has 0 spiro atoms. The molecule has 1 atom stereocenters. The number of halogens is 2. The first-order valence-corrected chi connectivity index (χ1v) is 9.62. The first-order chi connectivity index (χ1) is 11.9. The van der Waals surface area contributed by atoms with Crippen LogP contribution in [0.15, 0.2) is 40.9 Å². The second kappa shape index (κ2) is 7.90. The van der Waals surface area contributed by atoms with Crippen molar-refractivity contribution in [3.05, 3.63) is 62.6 Å². The zero-order chi connectivity index (χ0) is 18.0. The Kier molecular flexibility index (Phi) is 5.82. The Morgan fingerprint density at radius 2 is 2.04 bits per heavy atom. The maximum atomic E-state index is 12.5. The van der Waals surface area contributed by atoms with E-state index in [2.05, 4.69) is 52.4 Å². The lowest BCUT2D eigenvalue weighted by Gasteiger charge is -2.27. The number of carbonyl (C=O) groups excluding carboxylic acids is 1. The van der Waals surface area contributed by atoms with Crippen LogP contribution in [-0.2, 0) is 12.8 Å². The van der Waals surface area contributed by atoms with E-state index in [0.717, 1.165) is 29.5 Å². The summed E-state index contributed by atoms with van der Waals surface area (Å²) < 4.78 is 0.857. The highest BCUT2D eigenvalue weighted by molar-refractivity contribution is 9.10. The number of aryl methyl sites for hydroxylation is 1. The van der Waals surface area contributed by atoms with E-state index in [1.54, 1.807) is 12.1 Å². The molecule has 25 heavy (non-hydrogen) atoms. The van der Waals surface area contributed by atoms with Gasteiger partial charge >= 0.3 is 0 Å². The summed E-state index contributed by atoms with van der Waals surface area (Å²) >= 11 is 9.52. The van der Waals surface area contributed by atoms with Gasteiger partial charge in [0.15, 0.2) is 0 Å². The highest BCUT2D eigenvalue weighted by atomic mass is 79.9. The van der Waals surface area contributed by atoms with Crippen LogP contribution in [0.4, 0.5) is 5.69 Å². The summed E-state index contributed by atoms with van der Waals surface area (Å²) in [6.45, 7) is 1.12. The summed E-state index contributed by atoms with van der Waals surface area (Å²) in [5, 5.41) is 3.41. The van der Waals surface area contributed by atoms with Gasteiger partial charge in [0.25, 0.3) is 5.91 Å². The number of fused-ring (bicyclic) bond motifs is 1. The van der Waals surface area contributed by atoms with Crippen molar-refractivity contribution in [2.75, 3.05) is 26.0 Å². The molecule has 1 N–H and O–H groups in total. The number of amides is 1. The lowest BCUT2D eigenvalue weighted by atomic mass is 9.83. The standard InChI is InChI=1S/C20H22BrClN2O/c1-24(2)12-13-3-4-15-10-17(7-5-14(15)9-13)23-20(25)18-8-6-16(21)11-19(18)22/h5-8,10-11,13H,3-4,9,12H2,1-2H3,(H,23,25). The van der Waals surface area contributed by atoms with E-state index in [1.807, 2.05) is 12.1 Å². The molecule has 0 saturated carbocycles. The van der Waals surface area contributed by atoms with Crippen LogP contribution in [0.3, 0.4) is 0 Å². The number of anilines is 1. The molecule has 5 heteroatoms. The highest BCUT2D eigenvalue weighted by Crippen LogP contribution is 2.29. The third-order valence-corrected chi connectivity index (χ3v) is 5.40. The zero-order valence-corrected chi connectivity index (χ0v) is 16.8. The van der Waals surface area contributed by atoms with Crippen molar-refractivity contribution in [3.8, 4) is 0 Å². The summed E-state index contributed by atoms with van der Waals surface area (Å²) in [6.07, 6.45) is 3.37. The molecule has 132 valence electrons. The molecular weight excluding hydrogens is 400 g/mol. The molecule has 2 aromatic carbocycles. The van der Waals surface area contributed by atoms with Crippen LogP contribution < -0.4 is 5.32 Å². The van der Waals surface area contributed by atoms with E-state index in [-0.39, 0.29) is 5.91 Å². The molecule has 0 heterocycles. The fourth-order valence-corrected chi connectivity index (χ4v) is 4.21. The third-order valence-electron chi connectivity index (χ3n) is 4.59. The van der Waals surface area contributed by atoms with Crippen molar-refractivity contribution in [1.82, 2.24) is 4.90 Å². The van der Waals surface area contributed by atoms with E-state index in [1.165, 1.54) is 17.5 Å². The molecule has 1 amide bonds. The Bertz CT molecular complexity index is 791. The van der Waals surface area contributed by atoms with Gasteiger partial charge in [0.1, 0.15) is 0 Å². The van der Waals surface area contributed by atoms with Crippen molar-refractivity contribution >= 4 is 39.1 Å². The lowest BCUT2D eigenvalue weighted by Crippen LogP contribution is -2.26. The van der Waals surface area contributed by atoms with Crippen molar-refractivity contribution in [3.63, 3.8) is 0 Å². The molecule has 0 aromatic heterocycles. The van der Waals surface area contributed by atoms with Gasteiger partial charge in [-0.2, -0.15) is 0 Å². The Morgan fingerprint density at radius 1 is 1.24 bits per heavy atom. The maximum absolute atomic E-state index is 12.5. The lowest BCUT2D eigenvalue weighted by molar-refractivity contribution is 0.102. The summed E-state index contributed by atoms with van der Waals surface area (Å²) in [5.74, 6) is 0.531. The predicted octanol–water partition coefficient (Wildman–Crippen LogP) is 5.02. The molecule has 0 saturated heterocycles. The van der Waals surface area contributed by atoms with Gasteiger partial charge in [-0.3, -0.25) is 4.79 Å². The van der Waals surface area contributed by atoms with Crippen molar-refractivity contribution in [2.24, 2.45) is 5.92 Å². The smallest absolute Gasteiger partial charge is 0.257 e. The van der Waals surface area contributed by atoms with Gasteiger partial charge in [0.2, 0.25) is 0 Å². The van der Waals surface area contributed by atoms with Gasteiger partial charge in [-0.15, -0.1) is 0 Å². The number of nitrogens with one attached hydrogen (secondary N) is 1. The number of benzene rings is 2. The summed E-state index contributed by atoms with van der Waals surface area (Å²) in [6, 6.07) is 11.5. The molecular formula is C20H22BrClN2O. The van der Waals surface area contributed by atoms with E-state index in [4.69, 9.17) is 11.6 Å². The fraction of sp³-hybridized carbons (Fsp3) is 0.350. The minimum atomic E-state index is -0.182. The van der Waals surface area contributed by atoms with E-state index in [0.29, 0.717) is 16.5 Å². The largest absolute Gasteiger partial charge is 0.322 e. The number of hydrogen-bond acceptors (Lipinski definition) is 2. The van der Waals surface area contributed by atoms with Crippen molar-refractivity contribution < 1.29 is 4.79 Å². The van der Waals surface area contributed by atoms with Crippen LogP contribution in [0.25, 0.3) is 0 Å². The highest BCUT2D eigenvalue weighted by Gasteiger charge is 2.20. The van der Waals surface area contributed by atoms with Crippen molar-refractivity contribution in [1.29, 1.82) is 0 Å². The van der Waals surface area contributed by atoms with Crippen LogP contribution in [0.5, 0.6) is 0 Å². The van der Waals surface area contributed by atoms with Gasteiger partial charge in [-0.25, -0.2) is 0 Å². The summed E-state index contributed by atoms with van der Waals surface area (Å²) in [5.41, 5.74) is 4.05. The van der Waals surface area contributed by atoms with Crippen LogP contribution in [-0.4, -0.2) is 31.4 Å². The molecule has 1 unspecified atom stereocenters. The van der Waals surface area contributed by atoms with Gasteiger partial charge < -0.3 is 10.2 Å². The number of hydrogen-bond donors (Lipinski definition) is 1. The van der Waals surface area contributed by atoms with Gasteiger partial charge in [0.05, 0.1) is 10.6 Å². The van der Waals surface area contributed by atoms with E-state index in [9.17, 15) is 4.79 Å². The first-order valence-electron chi connectivity index (χ1n) is 8.45. The van der Waals surface area contributed by atoms with Crippen LogP contribution in [0, 0.1) is 5.92 Å². The van der Waals surface area contributed by atoms with Gasteiger partial charge in [0, 0.05) is 16.7 Å². The van der Waals surface area contributed by atoms with Gasteiger partial charge in [-0.1, -0.05) is 33.6 Å². The second-order valence-corrected chi connectivity index (χ2v) is 8.26. The summed E-state index contributed by atoms with van der Waals surface area (Å²) in [4.78, 5) is 14.7. The minimum Gasteiger partial charge on any atom is -0.322 e. The number of rotatable bonds is 4. The van der Waals surface area contributed by atoms with Gasteiger partial charge in [-0.05, 0) is 80.7 Å². The predicted molar refractivity (Wildman–Crippen MR) is 108 cm³/mol. The quantitative estimate of drug-likeness (QED) is 0.751. The summed E-state index contributed by atoms with van der Waals surface area (Å²) in [7, 11) is 4.25. The molecule has 1 aliphatic rings. The van der Waals surface area contributed by atoms with E-state index < -0.39 is 0 Å². The first kappa shape index (κ1) is 18.4. The van der Waals surface area contributed by atoms with Crippen LogP contribution in [0.2, 0.25) is 5.02 Å². The Balaban J connectivity index is 1.72. The Labute approximate surface area is 162 Å². The molecule has 2 aromatic rings. The average Bonchev–Trinajstić information content (AvgIpc) is 2.54. The SMILES string of the molecule is CN(C)CC1CCc2cc(NC(=O)c3ccc(Br)cc3Cl)ccc2C1. The van der Waals surface area contributed by atoms with Crippen molar-refractivity contribution in [2.45, 2.75) is 19.3 Å². The topological polar surface area (TPSA) is 32.3 Å². The Morgan fingerprint density at radius 3 is 2.76 bits per heavy atom. The van der Waals surface area contributed by atoms with Crippen LogP contribution in [0.1, 0.15) is 27.9 Å². The van der Waals surface area contributed by atoms with E-state index >= 15 is 0 Å². The normalized spacial score (nSPS) is 16.6. The molecule has 1 aliphatic carbocycles. The maximum Gasteiger partial charge on any atom is 0.257 e. The number of carbonyl (C=O) groups is 1. The molecule has 3 nitrogen and oxygen atoms in total. The molecule has 0 aliphatic heterocycles. The fourth-order valence-electron chi connectivity index (χ4n) is 3.45. The molecule has 0 radical (unpaired) electrons. The second-order valence-electron chi connectivity index (χ2n) is 6.93. The monoisotopic (exact) mass is 420 g/mol. The van der Waals surface area contributed by atoms with Crippen LogP contribution >= 0.6 is 27.5 Å². The molecule has 0 fully saturated rings. The zero-order valence-electron chi connectivity index (χ0n) is 14.5. The number of nitrogens with zero attached hydrogens (tertiary/aromatic N) is 1. The minimum absolute atomic E-state index is 0.182. The average molecular weight is 422 g/mol. The third kappa shape index (κ3) is 4.63. The Hall–Kier alpha value is -1.36. The molecule has 0 bridgehead atoms. The molecule has 3 rings (SSSR count).